The van der Waals surface area contributed by atoms with Crippen LogP contribution < -0.4 is 0 Å². The van der Waals surface area contributed by atoms with E-state index >= 15 is 0 Å². The number of rotatable bonds is 2. The Morgan fingerprint density at radius 2 is 2.00 bits per heavy atom. The molecule has 0 fully saturated rings. The zero-order valence-corrected chi connectivity index (χ0v) is 4.86. The van der Waals surface area contributed by atoms with Crippen molar-refractivity contribution in [3.8, 4) is 0 Å². The van der Waals surface area contributed by atoms with E-state index in [0.717, 1.165) is 5.92 Å². The third-order valence-electron chi connectivity index (χ3n) is 0.707. The fourth-order valence-corrected chi connectivity index (χ4v) is 0.471. The Labute approximate surface area is 40.6 Å². The van der Waals surface area contributed by atoms with E-state index in [9.17, 15) is 0 Å². The van der Waals surface area contributed by atoms with Crippen LogP contribution in [-0.2, 0) is 0 Å². The van der Waals surface area contributed by atoms with Crippen molar-refractivity contribution >= 4 is 0 Å². The molecular formula is C6H13+. The van der Waals surface area contributed by atoms with Gasteiger partial charge in [0, 0.05) is 0 Å². The molecule has 36 valence electrons. The first-order chi connectivity index (χ1) is 2.77. The summed E-state index contributed by atoms with van der Waals surface area (Å²) >= 11 is 0. The van der Waals surface area contributed by atoms with E-state index in [1.165, 1.54) is 6.42 Å². The molecule has 0 aliphatic carbocycles. The highest BCUT2D eigenvalue weighted by molar-refractivity contribution is 4.64. The average molecular weight is 85.2 g/mol. The highest BCUT2D eigenvalue weighted by atomic mass is 13.9. The third kappa shape index (κ3) is 3.87. The molecule has 0 N–H and O–H groups in total. The fourth-order valence-electron chi connectivity index (χ4n) is 0.471. The van der Waals surface area contributed by atoms with Crippen molar-refractivity contribution in [3.63, 3.8) is 0 Å². The van der Waals surface area contributed by atoms with Gasteiger partial charge in [0.05, 0.1) is 18.8 Å². The van der Waals surface area contributed by atoms with Gasteiger partial charge in [-0.15, -0.1) is 0 Å². The fraction of sp³-hybridized carbons (Fsp3) is 0.833. The first kappa shape index (κ1) is 5.87. The quantitative estimate of drug-likeness (QED) is 0.451. The maximum atomic E-state index is 2.29. The Morgan fingerprint density at radius 3 is 2.00 bits per heavy atom. The zero-order chi connectivity index (χ0) is 4.99. The molecule has 0 atom stereocenters. The van der Waals surface area contributed by atoms with Gasteiger partial charge in [0.1, 0.15) is 0 Å². The van der Waals surface area contributed by atoms with E-state index in [-0.39, 0.29) is 0 Å². The van der Waals surface area contributed by atoms with Gasteiger partial charge >= 0.3 is 0 Å². The van der Waals surface area contributed by atoms with Gasteiger partial charge in [-0.25, -0.2) is 0 Å². The molecule has 0 aliphatic heterocycles. The van der Waals surface area contributed by atoms with Crippen LogP contribution in [0.4, 0.5) is 0 Å². The molecule has 0 saturated heterocycles. The number of hydrogen-bond acceptors (Lipinski definition) is 0. The maximum absolute atomic E-state index is 2.29. The SMILES string of the molecule is CC[CH+]C(C)C. The normalized spacial score (nSPS) is 9.33. The molecule has 0 heteroatoms. The maximum Gasteiger partial charge on any atom is 0.0921 e. The zero-order valence-electron chi connectivity index (χ0n) is 4.86. The Balaban J connectivity index is 2.63. The summed E-state index contributed by atoms with van der Waals surface area (Å²) in [6.07, 6.45) is 3.50. The van der Waals surface area contributed by atoms with Crippen molar-refractivity contribution in [2.75, 3.05) is 0 Å². The van der Waals surface area contributed by atoms with E-state index in [4.69, 9.17) is 0 Å². The molecule has 0 aromatic heterocycles. The van der Waals surface area contributed by atoms with Crippen LogP contribution in [0.2, 0.25) is 0 Å². The van der Waals surface area contributed by atoms with Gasteiger partial charge in [0.15, 0.2) is 0 Å². The first-order valence-electron chi connectivity index (χ1n) is 2.60. The predicted molar refractivity (Wildman–Crippen MR) is 29.4 cm³/mol. The van der Waals surface area contributed by atoms with Crippen molar-refractivity contribution in [2.24, 2.45) is 5.92 Å². The molecule has 0 rings (SSSR count). The molecule has 0 bridgehead atoms. The molecule has 0 spiro atoms. The molecule has 0 amide bonds. The standard InChI is InChI=1S/C6H13/c1-4-5-6(2)3/h5-6H,4H2,1-3H3/q+1. The average Bonchev–Trinajstić information content (AvgIpc) is 1.35. The summed E-state index contributed by atoms with van der Waals surface area (Å²) in [5.74, 6) is 0.773. The first-order valence-corrected chi connectivity index (χ1v) is 2.60. The van der Waals surface area contributed by atoms with Crippen LogP contribution in [0.15, 0.2) is 0 Å². The van der Waals surface area contributed by atoms with Crippen LogP contribution in [0.3, 0.4) is 0 Å². The summed E-state index contributed by atoms with van der Waals surface area (Å²) in [6, 6.07) is 0. The third-order valence-corrected chi connectivity index (χ3v) is 0.707. The minimum absolute atomic E-state index is 0.773. The lowest BCUT2D eigenvalue weighted by Gasteiger charge is -1.84. The van der Waals surface area contributed by atoms with E-state index < -0.39 is 0 Å². The lowest BCUT2D eigenvalue weighted by atomic mass is 10.1. The van der Waals surface area contributed by atoms with E-state index in [1.54, 1.807) is 0 Å². The Hall–Kier alpha value is -0.130. The van der Waals surface area contributed by atoms with Gasteiger partial charge in [-0.05, 0) is 20.8 Å². The Bertz CT molecular complexity index is 21.2. The van der Waals surface area contributed by atoms with Crippen molar-refractivity contribution in [3.05, 3.63) is 6.42 Å². The second-order valence-corrected chi connectivity index (χ2v) is 1.89. The van der Waals surface area contributed by atoms with Crippen LogP contribution in [0, 0.1) is 12.3 Å². The largest absolute Gasteiger partial charge is 0.0921 e. The molecule has 0 saturated carbocycles. The summed E-state index contributed by atoms with van der Waals surface area (Å²) < 4.78 is 0. The molecular weight excluding hydrogens is 72.1 g/mol. The van der Waals surface area contributed by atoms with Crippen LogP contribution >= 0.6 is 0 Å². The smallest absolute Gasteiger partial charge is 0.0243 e. The van der Waals surface area contributed by atoms with Crippen LogP contribution in [-0.4, -0.2) is 0 Å². The number of hydrogen-bond donors (Lipinski definition) is 0. The van der Waals surface area contributed by atoms with Gasteiger partial charge in [-0.1, -0.05) is 0 Å². The second-order valence-electron chi connectivity index (χ2n) is 1.89. The molecule has 0 unspecified atom stereocenters. The summed E-state index contributed by atoms with van der Waals surface area (Å²) in [4.78, 5) is 0. The molecule has 0 heterocycles. The monoisotopic (exact) mass is 85.1 g/mol. The van der Waals surface area contributed by atoms with E-state index in [0.29, 0.717) is 0 Å². The molecule has 0 nitrogen and oxygen atoms in total. The molecule has 6 heavy (non-hydrogen) atoms. The second kappa shape index (κ2) is 3.08. The Morgan fingerprint density at radius 1 is 1.50 bits per heavy atom. The topological polar surface area (TPSA) is 0 Å². The van der Waals surface area contributed by atoms with Gasteiger partial charge in [0.2, 0.25) is 0 Å². The highest BCUT2D eigenvalue weighted by Crippen LogP contribution is 1.98. The van der Waals surface area contributed by atoms with Crippen molar-refractivity contribution in [2.45, 2.75) is 27.2 Å². The summed E-state index contributed by atoms with van der Waals surface area (Å²) in [5.41, 5.74) is 0. The van der Waals surface area contributed by atoms with Crippen LogP contribution in [0.5, 0.6) is 0 Å². The van der Waals surface area contributed by atoms with Crippen molar-refractivity contribution in [1.29, 1.82) is 0 Å². The molecule has 0 aromatic rings. The summed E-state index contributed by atoms with van der Waals surface area (Å²) in [6.45, 7) is 6.56. The lowest BCUT2D eigenvalue weighted by molar-refractivity contribution is 0.723. The Kier molecular flexibility index (Phi) is 3.01. The predicted octanol–water partition coefficient (Wildman–Crippen LogP) is 2.26. The van der Waals surface area contributed by atoms with E-state index in [1.807, 2.05) is 0 Å². The lowest BCUT2D eigenvalue weighted by Crippen LogP contribution is -1.83. The minimum Gasteiger partial charge on any atom is -0.0243 e. The highest BCUT2D eigenvalue weighted by Gasteiger charge is 1.97. The molecule has 0 radical (unpaired) electrons. The van der Waals surface area contributed by atoms with Gasteiger partial charge < -0.3 is 0 Å². The van der Waals surface area contributed by atoms with Gasteiger partial charge in [0.25, 0.3) is 0 Å². The molecule has 0 aromatic carbocycles. The molecule has 0 aliphatic rings. The van der Waals surface area contributed by atoms with Crippen molar-refractivity contribution in [1.82, 2.24) is 0 Å². The van der Waals surface area contributed by atoms with Gasteiger partial charge in [-0.3, -0.25) is 0 Å². The summed E-state index contributed by atoms with van der Waals surface area (Å²) in [7, 11) is 0. The van der Waals surface area contributed by atoms with Gasteiger partial charge in [-0.2, -0.15) is 0 Å². The summed E-state index contributed by atoms with van der Waals surface area (Å²) in [5, 5.41) is 0. The van der Waals surface area contributed by atoms with Crippen molar-refractivity contribution < 1.29 is 0 Å². The van der Waals surface area contributed by atoms with E-state index in [2.05, 4.69) is 27.2 Å². The van der Waals surface area contributed by atoms with Crippen LogP contribution in [0.25, 0.3) is 0 Å². The van der Waals surface area contributed by atoms with Crippen LogP contribution in [0.1, 0.15) is 27.2 Å². The minimum atomic E-state index is 0.773.